The lowest BCUT2D eigenvalue weighted by Gasteiger charge is -2.06. The van der Waals surface area contributed by atoms with E-state index in [9.17, 15) is 13.2 Å². The molecule has 2 heterocycles. The number of carbonyl (C=O) groups is 1. The number of amidine groups is 1. The predicted octanol–water partition coefficient (Wildman–Crippen LogP) is 2.57. The third-order valence-electron chi connectivity index (χ3n) is 4.44. The minimum atomic E-state index is -3.73. The van der Waals surface area contributed by atoms with E-state index in [2.05, 4.69) is 46.0 Å². The van der Waals surface area contributed by atoms with Crippen LogP contribution in [0.1, 0.15) is 17.5 Å². The topological polar surface area (TPSA) is 108 Å². The lowest BCUT2D eigenvalue weighted by molar-refractivity contribution is -0.134. The number of aliphatic imine (C=N–C) groups is 1. The molecule has 158 valence electrons. The van der Waals surface area contributed by atoms with E-state index in [1.54, 1.807) is 0 Å². The summed E-state index contributed by atoms with van der Waals surface area (Å²) in [5.74, 6) is -1.26. The van der Waals surface area contributed by atoms with Gasteiger partial charge in [0, 0.05) is 29.4 Å². The molecule has 0 amide bonds. The molecule has 4 rings (SSSR count). The van der Waals surface area contributed by atoms with Crippen molar-refractivity contribution >= 4 is 38.9 Å². The molecule has 0 fully saturated rings. The molecule has 30 heavy (non-hydrogen) atoms. The number of carboxylic acid groups (broad SMARTS) is 1. The Bertz CT molecular complexity index is 1020. The Hall–Kier alpha value is -2.84. The Morgan fingerprint density at radius 1 is 1.00 bits per heavy atom. The zero-order valence-electron chi connectivity index (χ0n) is 16.1. The van der Waals surface area contributed by atoms with Gasteiger partial charge in [0.2, 0.25) is 0 Å². The zero-order valence-corrected chi connectivity index (χ0v) is 17.7. The third kappa shape index (κ3) is 5.84. The van der Waals surface area contributed by atoms with Gasteiger partial charge in [-0.1, -0.05) is 41.9 Å². The minimum absolute atomic E-state index is 0.0377. The second-order valence-electron chi connectivity index (χ2n) is 6.67. The van der Waals surface area contributed by atoms with E-state index < -0.39 is 21.6 Å². The molecule has 0 saturated carbocycles. The number of aliphatic carboxylic acids is 1. The van der Waals surface area contributed by atoms with Gasteiger partial charge in [0.05, 0.1) is 11.4 Å². The van der Waals surface area contributed by atoms with Gasteiger partial charge in [-0.05, 0) is 36.2 Å². The molecule has 2 aliphatic heterocycles. The smallest absolute Gasteiger partial charge is 0.319 e. The van der Waals surface area contributed by atoms with Crippen LogP contribution in [0.25, 0.3) is 5.70 Å². The number of benzene rings is 2. The summed E-state index contributed by atoms with van der Waals surface area (Å²) in [4.78, 5) is 14.6. The number of nitrogens with zero attached hydrogens (tertiary/aromatic N) is 1. The summed E-state index contributed by atoms with van der Waals surface area (Å²) < 4.78 is 22.7. The fourth-order valence-corrected chi connectivity index (χ4v) is 4.17. The highest BCUT2D eigenvalue weighted by Gasteiger charge is 2.18. The van der Waals surface area contributed by atoms with Crippen LogP contribution in [0, 0.1) is 0 Å². The van der Waals surface area contributed by atoms with Crippen LogP contribution in [0.4, 0.5) is 0 Å². The van der Waals surface area contributed by atoms with Gasteiger partial charge in [-0.15, -0.1) is 0 Å². The molecule has 0 spiro atoms. The molecule has 0 aliphatic carbocycles. The summed E-state index contributed by atoms with van der Waals surface area (Å²) >= 11 is 5.56. The van der Waals surface area contributed by atoms with Gasteiger partial charge in [-0.25, -0.2) is 8.42 Å². The van der Waals surface area contributed by atoms with E-state index in [0.29, 0.717) is 5.02 Å². The molecule has 0 unspecified atom stereocenters. The lowest BCUT2D eigenvalue weighted by Crippen LogP contribution is -2.19. The van der Waals surface area contributed by atoms with Crippen molar-refractivity contribution in [3.63, 3.8) is 0 Å². The molecule has 0 radical (unpaired) electrons. The van der Waals surface area contributed by atoms with Crippen LogP contribution in [0.3, 0.4) is 0 Å². The van der Waals surface area contributed by atoms with Crippen LogP contribution in [-0.2, 0) is 14.6 Å². The largest absolute Gasteiger partial charge is 0.480 e. The summed E-state index contributed by atoms with van der Waals surface area (Å²) in [5, 5.41) is 15.4. The van der Waals surface area contributed by atoms with Gasteiger partial charge in [0.15, 0.2) is 15.6 Å². The maximum Gasteiger partial charge on any atom is 0.319 e. The number of hydrogen-bond acceptors (Lipinski definition) is 6. The molecule has 2 aromatic rings. The minimum Gasteiger partial charge on any atom is -0.480 e. The second kappa shape index (κ2) is 9.77. The van der Waals surface area contributed by atoms with Gasteiger partial charge < -0.3 is 15.7 Å². The Labute approximate surface area is 180 Å². The average Bonchev–Trinajstić information content (AvgIpc) is 3.42. The van der Waals surface area contributed by atoms with Crippen molar-refractivity contribution in [3.05, 3.63) is 70.8 Å². The molecule has 2 aromatic carbocycles. The Morgan fingerprint density at radius 3 is 2.20 bits per heavy atom. The van der Waals surface area contributed by atoms with Crippen LogP contribution in [0.5, 0.6) is 0 Å². The second-order valence-corrected chi connectivity index (χ2v) is 9.10. The molecular weight excluding hydrogens is 426 g/mol. The molecular formula is C21H22ClN3O4S. The molecule has 2 aliphatic rings. The standard InChI is InChI=1S/C13H15N3.C8H7ClO4S/c1-2-12(14-7-1)10-3-5-11(6-4-10)13-15-8-9-16-13;9-6-1-3-7(4-2-6)14(12,13)5-8(10)11/h2-6,14H,1,7-9H2,(H,15,16);1-4H,5H2,(H,10,11). The van der Waals surface area contributed by atoms with Crippen LogP contribution in [-0.4, -0.2) is 50.7 Å². The van der Waals surface area contributed by atoms with Crippen molar-refractivity contribution in [2.75, 3.05) is 25.4 Å². The van der Waals surface area contributed by atoms with Crippen molar-refractivity contribution in [1.82, 2.24) is 10.6 Å². The van der Waals surface area contributed by atoms with E-state index in [0.717, 1.165) is 31.9 Å². The molecule has 0 bridgehead atoms. The predicted molar refractivity (Wildman–Crippen MR) is 118 cm³/mol. The normalized spacial score (nSPS) is 15.2. The maximum absolute atomic E-state index is 11.3. The third-order valence-corrected chi connectivity index (χ3v) is 6.31. The molecule has 9 heteroatoms. The average molecular weight is 448 g/mol. The van der Waals surface area contributed by atoms with Gasteiger partial charge in [0.1, 0.15) is 5.84 Å². The summed E-state index contributed by atoms with van der Waals surface area (Å²) in [6.45, 7) is 2.92. The Kier molecular flexibility index (Phi) is 7.12. The highest BCUT2D eigenvalue weighted by atomic mass is 35.5. The maximum atomic E-state index is 11.3. The van der Waals surface area contributed by atoms with Crippen molar-refractivity contribution in [2.45, 2.75) is 11.3 Å². The first-order valence-corrected chi connectivity index (χ1v) is 11.4. The van der Waals surface area contributed by atoms with Crippen LogP contribution in [0.2, 0.25) is 5.02 Å². The summed E-state index contributed by atoms with van der Waals surface area (Å²) in [6.07, 6.45) is 3.38. The SMILES string of the molecule is C1=C(c2ccc(C3=NCCN3)cc2)NCC1.O=C(O)CS(=O)(=O)c1ccc(Cl)cc1. The van der Waals surface area contributed by atoms with Crippen molar-refractivity contribution in [2.24, 2.45) is 4.99 Å². The van der Waals surface area contributed by atoms with E-state index in [1.807, 2.05) is 0 Å². The number of hydrogen-bond donors (Lipinski definition) is 3. The monoisotopic (exact) mass is 447 g/mol. The van der Waals surface area contributed by atoms with Crippen LogP contribution >= 0.6 is 11.6 Å². The quantitative estimate of drug-likeness (QED) is 0.650. The first-order chi connectivity index (χ1) is 14.3. The van der Waals surface area contributed by atoms with E-state index in [4.69, 9.17) is 16.7 Å². The van der Waals surface area contributed by atoms with Gasteiger partial charge in [-0.3, -0.25) is 9.79 Å². The number of sulfone groups is 1. The van der Waals surface area contributed by atoms with Gasteiger partial charge in [-0.2, -0.15) is 0 Å². The number of nitrogens with one attached hydrogen (secondary N) is 2. The molecule has 0 saturated heterocycles. The van der Waals surface area contributed by atoms with Crippen molar-refractivity contribution in [1.29, 1.82) is 0 Å². The fourth-order valence-electron chi connectivity index (χ4n) is 3.00. The van der Waals surface area contributed by atoms with Crippen molar-refractivity contribution < 1.29 is 18.3 Å². The van der Waals surface area contributed by atoms with E-state index >= 15 is 0 Å². The summed E-state index contributed by atoms with van der Waals surface area (Å²) in [5.41, 5.74) is 3.70. The number of carboxylic acids is 1. The Morgan fingerprint density at radius 2 is 1.67 bits per heavy atom. The van der Waals surface area contributed by atoms with Gasteiger partial charge >= 0.3 is 5.97 Å². The number of rotatable bonds is 5. The molecule has 3 N–H and O–H groups in total. The van der Waals surface area contributed by atoms with Crippen molar-refractivity contribution in [3.8, 4) is 0 Å². The highest BCUT2D eigenvalue weighted by Crippen LogP contribution is 2.17. The Balaban J connectivity index is 0.000000173. The first-order valence-electron chi connectivity index (χ1n) is 9.38. The van der Waals surface area contributed by atoms with E-state index in [1.165, 1.54) is 41.1 Å². The first kappa shape index (κ1) is 21.9. The summed E-state index contributed by atoms with van der Waals surface area (Å²) in [6, 6.07) is 13.9. The molecule has 0 aromatic heterocycles. The van der Waals surface area contributed by atoms with Crippen LogP contribution < -0.4 is 10.6 Å². The lowest BCUT2D eigenvalue weighted by atomic mass is 10.1. The van der Waals surface area contributed by atoms with Gasteiger partial charge in [0.25, 0.3) is 0 Å². The number of halogens is 1. The zero-order chi connectivity index (χ0) is 21.6. The fraction of sp³-hybridized carbons (Fsp3) is 0.238. The van der Waals surface area contributed by atoms with Crippen LogP contribution in [0.15, 0.2) is 64.5 Å². The summed E-state index contributed by atoms with van der Waals surface area (Å²) in [7, 11) is -3.73. The molecule has 0 atom stereocenters. The highest BCUT2D eigenvalue weighted by molar-refractivity contribution is 7.92. The van der Waals surface area contributed by atoms with E-state index in [-0.39, 0.29) is 4.90 Å². The molecule has 7 nitrogen and oxygen atoms in total.